The number of hydrogen-bond donors (Lipinski definition) is 0. The van der Waals surface area contributed by atoms with Crippen LogP contribution in [0.15, 0.2) is 69.9 Å². The maximum absolute atomic E-state index is 12.5. The van der Waals surface area contributed by atoms with E-state index in [-0.39, 0.29) is 9.92 Å². The van der Waals surface area contributed by atoms with Gasteiger partial charge in [-0.1, -0.05) is 48.0 Å². The average molecular weight is 315 g/mol. The number of rotatable bonds is 3. The Morgan fingerprint density at radius 2 is 1.62 bits per heavy atom. The smallest absolute Gasteiger partial charge is 0.224 e. The molecule has 3 aromatic rings. The molecule has 1 heterocycles. The minimum absolute atomic E-state index is 0.107. The van der Waals surface area contributed by atoms with Crippen LogP contribution in [0.5, 0.6) is 0 Å². The average Bonchev–Trinajstić information content (AvgIpc) is 2.99. The predicted molar refractivity (Wildman–Crippen MR) is 84.2 cm³/mol. The molecule has 0 N–H and O–H groups in total. The van der Waals surface area contributed by atoms with Crippen LogP contribution < -0.4 is 0 Å². The molecule has 0 saturated heterocycles. The Bertz CT molecular complexity index is 851. The van der Waals surface area contributed by atoms with Gasteiger partial charge in [-0.15, -0.1) is 11.3 Å². The molecule has 106 valence electrons. The number of sulfone groups is 1. The van der Waals surface area contributed by atoms with Crippen molar-refractivity contribution in [2.45, 2.75) is 16.8 Å². The van der Waals surface area contributed by atoms with Crippen LogP contribution in [0, 0.1) is 6.92 Å². The Kier molecular flexibility index (Phi) is 3.61. The summed E-state index contributed by atoms with van der Waals surface area (Å²) in [6, 6.07) is 16.4. The van der Waals surface area contributed by atoms with Crippen LogP contribution in [0.3, 0.4) is 0 Å². The summed E-state index contributed by atoms with van der Waals surface area (Å²) >= 11 is 1.34. The summed E-state index contributed by atoms with van der Waals surface area (Å²) in [5.74, 6) is 0. The molecule has 21 heavy (non-hydrogen) atoms. The number of hydrogen-bond acceptors (Lipinski definition) is 4. The first-order chi connectivity index (χ1) is 10.1. The Labute approximate surface area is 127 Å². The van der Waals surface area contributed by atoms with E-state index in [4.69, 9.17) is 0 Å². The quantitative estimate of drug-likeness (QED) is 0.735. The van der Waals surface area contributed by atoms with Crippen molar-refractivity contribution >= 4 is 21.2 Å². The topological polar surface area (TPSA) is 47.0 Å². The molecule has 5 heteroatoms. The molecule has 0 amide bonds. The standard InChI is InChI=1S/C16H13NO2S2/c1-12-7-9-14(10-8-12)21(18,19)15-11-20-16(17-15)13-5-3-2-4-6-13/h2-11H,1H3. The third-order valence-corrected chi connectivity index (χ3v) is 5.80. The molecule has 0 atom stereocenters. The third-order valence-electron chi connectivity index (χ3n) is 3.11. The van der Waals surface area contributed by atoms with Gasteiger partial charge in [0.1, 0.15) is 5.01 Å². The number of thiazole rings is 1. The van der Waals surface area contributed by atoms with Crippen molar-refractivity contribution in [1.82, 2.24) is 4.98 Å². The lowest BCUT2D eigenvalue weighted by Crippen LogP contribution is -2.02. The molecule has 0 spiro atoms. The van der Waals surface area contributed by atoms with E-state index in [2.05, 4.69) is 4.98 Å². The van der Waals surface area contributed by atoms with Crippen molar-refractivity contribution < 1.29 is 8.42 Å². The van der Waals surface area contributed by atoms with Crippen molar-refractivity contribution in [3.8, 4) is 10.6 Å². The number of nitrogens with zero attached hydrogens (tertiary/aromatic N) is 1. The van der Waals surface area contributed by atoms with Crippen LogP contribution in [0.2, 0.25) is 0 Å². The van der Waals surface area contributed by atoms with Crippen LogP contribution in [-0.2, 0) is 9.84 Å². The molecular weight excluding hydrogens is 302 g/mol. The molecule has 0 saturated carbocycles. The van der Waals surface area contributed by atoms with Gasteiger partial charge in [0.25, 0.3) is 0 Å². The van der Waals surface area contributed by atoms with E-state index in [0.717, 1.165) is 11.1 Å². The van der Waals surface area contributed by atoms with Crippen molar-refractivity contribution in [3.63, 3.8) is 0 Å². The first-order valence-corrected chi connectivity index (χ1v) is 8.76. The van der Waals surface area contributed by atoms with Gasteiger partial charge in [0.2, 0.25) is 9.84 Å². The normalized spacial score (nSPS) is 11.5. The molecule has 1 aromatic heterocycles. The molecule has 0 bridgehead atoms. The van der Waals surface area contributed by atoms with Crippen LogP contribution in [0.25, 0.3) is 10.6 Å². The number of benzene rings is 2. The largest absolute Gasteiger partial charge is 0.224 e. The molecule has 2 aromatic carbocycles. The zero-order chi connectivity index (χ0) is 14.9. The van der Waals surface area contributed by atoms with Crippen LogP contribution >= 0.6 is 11.3 Å². The fourth-order valence-corrected chi connectivity index (χ4v) is 4.28. The zero-order valence-electron chi connectivity index (χ0n) is 11.4. The van der Waals surface area contributed by atoms with Crippen LogP contribution in [-0.4, -0.2) is 13.4 Å². The summed E-state index contributed by atoms with van der Waals surface area (Å²) < 4.78 is 25.1. The summed E-state index contributed by atoms with van der Waals surface area (Å²) in [5.41, 5.74) is 1.95. The van der Waals surface area contributed by atoms with Crippen molar-refractivity contribution in [3.05, 3.63) is 65.5 Å². The molecule has 0 aliphatic heterocycles. The molecule has 3 rings (SSSR count). The third kappa shape index (κ3) is 2.75. The summed E-state index contributed by atoms with van der Waals surface area (Å²) in [4.78, 5) is 4.56. The summed E-state index contributed by atoms with van der Waals surface area (Å²) in [5, 5.41) is 2.41. The lowest BCUT2D eigenvalue weighted by molar-refractivity contribution is 0.593. The van der Waals surface area contributed by atoms with Crippen molar-refractivity contribution in [1.29, 1.82) is 0 Å². The Morgan fingerprint density at radius 3 is 2.29 bits per heavy atom. The van der Waals surface area contributed by atoms with E-state index < -0.39 is 9.84 Å². The summed E-state index contributed by atoms with van der Waals surface area (Å²) in [6.45, 7) is 1.92. The highest BCUT2D eigenvalue weighted by atomic mass is 32.2. The second-order valence-electron chi connectivity index (χ2n) is 4.67. The van der Waals surface area contributed by atoms with Gasteiger partial charge in [-0.05, 0) is 19.1 Å². The molecular formula is C16H13NO2S2. The van der Waals surface area contributed by atoms with Gasteiger partial charge in [0.05, 0.1) is 4.90 Å². The molecule has 0 fully saturated rings. The fourth-order valence-electron chi connectivity index (χ4n) is 1.93. The van der Waals surface area contributed by atoms with E-state index in [1.54, 1.807) is 29.6 Å². The maximum atomic E-state index is 12.5. The highest BCUT2D eigenvalue weighted by molar-refractivity contribution is 7.91. The Morgan fingerprint density at radius 1 is 0.952 bits per heavy atom. The lowest BCUT2D eigenvalue weighted by atomic mass is 10.2. The SMILES string of the molecule is Cc1ccc(S(=O)(=O)c2csc(-c3ccccc3)n2)cc1. The molecule has 3 nitrogen and oxygen atoms in total. The first kappa shape index (κ1) is 14.0. The predicted octanol–water partition coefficient (Wildman–Crippen LogP) is 3.95. The van der Waals surface area contributed by atoms with Gasteiger partial charge in [-0.3, -0.25) is 0 Å². The maximum Gasteiger partial charge on any atom is 0.224 e. The number of aryl methyl sites for hydroxylation is 1. The minimum Gasteiger partial charge on any atom is -0.224 e. The van der Waals surface area contributed by atoms with Gasteiger partial charge >= 0.3 is 0 Å². The monoisotopic (exact) mass is 315 g/mol. The lowest BCUT2D eigenvalue weighted by Gasteiger charge is -2.01. The van der Waals surface area contributed by atoms with Gasteiger partial charge in [-0.2, -0.15) is 0 Å². The van der Waals surface area contributed by atoms with Crippen LogP contribution in [0.1, 0.15) is 5.56 Å². The van der Waals surface area contributed by atoms with Crippen molar-refractivity contribution in [2.75, 3.05) is 0 Å². The zero-order valence-corrected chi connectivity index (χ0v) is 13.0. The van der Waals surface area contributed by atoms with Gasteiger partial charge in [0, 0.05) is 10.9 Å². The van der Waals surface area contributed by atoms with E-state index in [9.17, 15) is 8.42 Å². The number of aromatic nitrogens is 1. The van der Waals surface area contributed by atoms with E-state index in [0.29, 0.717) is 5.01 Å². The van der Waals surface area contributed by atoms with Crippen molar-refractivity contribution in [2.24, 2.45) is 0 Å². The van der Waals surface area contributed by atoms with Gasteiger partial charge in [0.15, 0.2) is 5.03 Å². The van der Waals surface area contributed by atoms with Crippen LogP contribution in [0.4, 0.5) is 0 Å². The Balaban J connectivity index is 2.01. The minimum atomic E-state index is -3.54. The second kappa shape index (κ2) is 5.42. The second-order valence-corrected chi connectivity index (χ2v) is 7.43. The van der Waals surface area contributed by atoms with Gasteiger partial charge in [-0.25, -0.2) is 13.4 Å². The van der Waals surface area contributed by atoms with E-state index in [1.165, 1.54) is 11.3 Å². The van der Waals surface area contributed by atoms with E-state index >= 15 is 0 Å². The fraction of sp³-hybridized carbons (Fsp3) is 0.0625. The highest BCUT2D eigenvalue weighted by Gasteiger charge is 2.21. The Hall–Kier alpha value is -1.98. The highest BCUT2D eigenvalue weighted by Crippen LogP contribution is 2.28. The molecule has 0 aliphatic carbocycles. The van der Waals surface area contributed by atoms with E-state index in [1.807, 2.05) is 37.3 Å². The summed E-state index contributed by atoms with van der Waals surface area (Å²) in [6.07, 6.45) is 0. The van der Waals surface area contributed by atoms with Gasteiger partial charge < -0.3 is 0 Å². The summed E-state index contributed by atoms with van der Waals surface area (Å²) in [7, 11) is -3.54. The molecule has 0 aliphatic rings. The first-order valence-electron chi connectivity index (χ1n) is 6.40. The molecule has 0 unspecified atom stereocenters. The molecule has 0 radical (unpaired) electrons.